The third-order valence-corrected chi connectivity index (χ3v) is 4.80. The van der Waals surface area contributed by atoms with E-state index in [2.05, 4.69) is 36.1 Å². The molecule has 3 rings (SSSR count). The van der Waals surface area contributed by atoms with E-state index in [-0.39, 0.29) is 5.91 Å². The van der Waals surface area contributed by atoms with Gasteiger partial charge in [0.05, 0.1) is 0 Å². The molecule has 0 atom stereocenters. The highest BCUT2D eigenvalue weighted by Crippen LogP contribution is 2.13. The largest absolute Gasteiger partial charge is 0.366 e. The lowest BCUT2D eigenvalue weighted by atomic mass is 10.1. The monoisotopic (exact) mass is 351 g/mol. The lowest BCUT2D eigenvalue weighted by Gasteiger charge is -2.22. The van der Waals surface area contributed by atoms with E-state index < -0.39 is 5.91 Å². The molecule has 1 aliphatic heterocycles. The van der Waals surface area contributed by atoms with Crippen LogP contribution in [-0.2, 0) is 6.54 Å². The minimum absolute atomic E-state index is 0.0368. The summed E-state index contributed by atoms with van der Waals surface area (Å²) >= 11 is 0. The first-order valence-corrected chi connectivity index (χ1v) is 9.00. The molecule has 1 fully saturated rings. The molecule has 0 radical (unpaired) electrons. The molecule has 0 unspecified atom stereocenters. The standard InChI is InChI=1S/C21H25N3O2/c1-16-6-8-17(9-7-16)15-23-10-3-11-24(13-12-23)21(26)19-5-2-4-18(14-19)20(22)25/h2,4-9,14H,3,10-13,15H2,1H3,(H2,22,25). The molecule has 1 heterocycles. The number of hydrogen-bond donors (Lipinski definition) is 1. The summed E-state index contributed by atoms with van der Waals surface area (Å²) in [5, 5.41) is 0. The van der Waals surface area contributed by atoms with Gasteiger partial charge >= 0.3 is 0 Å². The fourth-order valence-corrected chi connectivity index (χ4v) is 3.27. The van der Waals surface area contributed by atoms with E-state index in [0.29, 0.717) is 17.7 Å². The van der Waals surface area contributed by atoms with Gasteiger partial charge < -0.3 is 10.6 Å². The van der Waals surface area contributed by atoms with Crippen molar-refractivity contribution < 1.29 is 9.59 Å². The van der Waals surface area contributed by atoms with Gasteiger partial charge in [-0.3, -0.25) is 14.5 Å². The van der Waals surface area contributed by atoms with E-state index in [9.17, 15) is 9.59 Å². The summed E-state index contributed by atoms with van der Waals surface area (Å²) < 4.78 is 0. The lowest BCUT2D eigenvalue weighted by molar-refractivity contribution is 0.0761. The van der Waals surface area contributed by atoms with Gasteiger partial charge in [0.15, 0.2) is 0 Å². The Morgan fingerprint density at radius 1 is 0.962 bits per heavy atom. The van der Waals surface area contributed by atoms with Gasteiger partial charge in [-0.15, -0.1) is 0 Å². The first kappa shape index (κ1) is 18.1. The van der Waals surface area contributed by atoms with Crippen molar-refractivity contribution in [2.75, 3.05) is 26.2 Å². The summed E-state index contributed by atoms with van der Waals surface area (Å²) in [6.07, 6.45) is 0.938. The van der Waals surface area contributed by atoms with Crippen molar-refractivity contribution in [3.8, 4) is 0 Å². The maximum absolute atomic E-state index is 12.8. The molecule has 1 saturated heterocycles. The van der Waals surface area contributed by atoms with E-state index in [1.54, 1.807) is 24.3 Å². The Kier molecular flexibility index (Phi) is 5.68. The van der Waals surface area contributed by atoms with Crippen molar-refractivity contribution in [3.63, 3.8) is 0 Å². The number of carbonyl (C=O) groups is 2. The average molecular weight is 351 g/mol. The van der Waals surface area contributed by atoms with Gasteiger partial charge in [-0.05, 0) is 37.1 Å². The SMILES string of the molecule is Cc1ccc(CN2CCCN(C(=O)c3cccc(C(N)=O)c3)CC2)cc1. The van der Waals surface area contributed by atoms with Crippen molar-refractivity contribution in [1.29, 1.82) is 0 Å². The molecular weight excluding hydrogens is 326 g/mol. The minimum atomic E-state index is -0.514. The summed E-state index contributed by atoms with van der Waals surface area (Å²) in [4.78, 5) is 28.4. The highest BCUT2D eigenvalue weighted by molar-refractivity contribution is 5.99. The predicted molar refractivity (Wildman–Crippen MR) is 102 cm³/mol. The van der Waals surface area contributed by atoms with Gasteiger partial charge in [-0.2, -0.15) is 0 Å². The topological polar surface area (TPSA) is 66.6 Å². The number of amides is 2. The van der Waals surface area contributed by atoms with Crippen LogP contribution in [0.5, 0.6) is 0 Å². The van der Waals surface area contributed by atoms with Crippen LogP contribution in [-0.4, -0.2) is 47.8 Å². The fraction of sp³-hybridized carbons (Fsp3) is 0.333. The summed E-state index contributed by atoms with van der Waals surface area (Å²) in [5.41, 5.74) is 8.76. The molecule has 2 amide bonds. The van der Waals surface area contributed by atoms with Crippen LogP contribution in [0.25, 0.3) is 0 Å². The zero-order valence-corrected chi connectivity index (χ0v) is 15.1. The molecule has 2 aromatic carbocycles. The van der Waals surface area contributed by atoms with E-state index in [1.165, 1.54) is 11.1 Å². The van der Waals surface area contributed by atoms with E-state index >= 15 is 0 Å². The fourth-order valence-electron chi connectivity index (χ4n) is 3.27. The van der Waals surface area contributed by atoms with Gasteiger partial charge in [0.1, 0.15) is 0 Å². The number of rotatable bonds is 4. The molecule has 136 valence electrons. The number of carbonyl (C=O) groups excluding carboxylic acids is 2. The third-order valence-electron chi connectivity index (χ3n) is 4.80. The normalized spacial score (nSPS) is 15.5. The first-order chi connectivity index (χ1) is 12.5. The molecule has 2 N–H and O–H groups in total. The summed E-state index contributed by atoms with van der Waals surface area (Å²) in [5.74, 6) is -0.551. The maximum atomic E-state index is 12.8. The molecule has 0 saturated carbocycles. The van der Waals surface area contributed by atoms with Gasteiger partial charge in [-0.1, -0.05) is 35.9 Å². The van der Waals surface area contributed by atoms with Gasteiger partial charge in [0, 0.05) is 43.9 Å². The van der Waals surface area contributed by atoms with Crippen LogP contribution in [0, 0.1) is 6.92 Å². The summed E-state index contributed by atoms with van der Waals surface area (Å²) in [6, 6.07) is 15.3. The third kappa shape index (κ3) is 4.49. The van der Waals surface area contributed by atoms with E-state index in [0.717, 1.165) is 32.6 Å². The van der Waals surface area contributed by atoms with E-state index in [1.807, 2.05) is 4.90 Å². The van der Waals surface area contributed by atoms with Crippen molar-refractivity contribution in [2.45, 2.75) is 19.9 Å². The molecule has 0 bridgehead atoms. The minimum Gasteiger partial charge on any atom is -0.366 e. The van der Waals surface area contributed by atoms with Crippen LogP contribution in [0.4, 0.5) is 0 Å². The second kappa shape index (κ2) is 8.15. The van der Waals surface area contributed by atoms with Crippen molar-refractivity contribution in [2.24, 2.45) is 5.73 Å². The molecule has 5 heteroatoms. The van der Waals surface area contributed by atoms with Crippen molar-refractivity contribution >= 4 is 11.8 Å². The molecule has 0 spiro atoms. The maximum Gasteiger partial charge on any atom is 0.253 e. The number of nitrogens with zero attached hydrogens (tertiary/aromatic N) is 2. The number of primary amides is 1. The second-order valence-corrected chi connectivity index (χ2v) is 6.85. The highest BCUT2D eigenvalue weighted by Gasteiger charge is 2.21. The van der Waals surface area contributed by atoms with Crippen LogP contribution in [0.15, 0.2) is 48.5 Å². The Labute approximate surface area is 154 Å². The summed E-state index contributed by atoms with van der Waals surface area (Å²) in [7, 11) is 0. The van der Waals surface area contributed by atoms with Crippen LogP contribution in [0.3, 0.4) is 0 Å². The molecule has 1 aliphatic rings. The van der Waals surface area contributed by atoms with Crippen LogP contribution in [0.1, 0.15) is 38.3 Å². The summed E-state index contributed by atoms with van der Waals surface area (Å²) in [6.45, 7) is 6.22. The first-order valence-electron chi connectivity index (χ1n) is 9.00. The number of benzene rings is 2. The zero-order valence-electron chi connectivity index (χ0n) is 15.1. The quantitative estimate of drug-likeness (QED) is 0.920. The predicted octanol–water partition coefficient (Wildman–Crippen LogP) is 2.44. The van der Waals surface area contributed by atoms with Crippen molar-refractivity contribution in [1.82, 2.24) is 9.80 Å². The van der Waals surface area contributed by atoms with Crippen molar-refractivity contribution in [3.05, 3.63) is 70.8 Å². The molecule has 26 heavy (non-hydrogen) atoms. The Morgan fingerprint density at radius 3 is 2.42 bits per heavy atom. The Bertz CT molecular complexity index is 786. The van der Waals surface area contributed by atoms with E-state index in [4.69, 9.17) is 5.73 Å². The van der Waals surface area contributed by atoms with Gasteiger partial charge in [0.2, 0.25) is 5.91 Å². The lowest BCUT2D eigenvalue weighted by Crippen LogP contribution is -2.35. The molecule has 0 aliphatic carbocycles. The number of nitrogens with two attached hydrogens (primary N) is 1. The smallest absolute Gasteiger partial charge is 0.253 e. The second-order valence-electron chi connectivity index (χ2n) is 6.85. The van der Waals surface area contributed by atoms with Gasteiger partial charge in [0.25, 0.3) is 5.91 Å². The average Bonchev–Trinajstić information content (AvgIpc) is 2.89. The highest BCUT2D eigenvalue weighted by atomic mass is 16.2. The molecule has 5 nitrogen and oxygen atoms in total. The van der Waals surface area contributed by atoms with Crippen LogP contribution in [0.2, 0.25) is 0 Å². The molecule has 2 aromatic rings. The van der Waals surface area contributed by atoms with Gasteiger partial charge in [-0.25, -0.2) is 0 Å². The van der Waals surface area contributed by atoms with Crippen LogP contribution < -0.4 is 5.73 Å². The Hall–Kier alpha value is -2.66. The molecular formula is C21H25N3O2. The Morgan fingerprint density at radius 2 is 1.69 bits per heavy atom. The zero-order chi connectivity index (χ0) is 18.5. The number of hydrogen-bond acceptors (Lipinski definition) is 3. The van der Waals surface area contributed by atoms with Crippen LogP contribution >= 0.6 is 0 Å². The number of aryl methyl sites for hydroxylation is 1. The molecule has 0 aromatic heterocycles. The Balaban J connectivity index is 1.62.